The lowest BCUT2D eigenvalue weighted by molar-refractivity contribution is 0.0965. The molecule has 0 bridgehead atoms. The molecule has 0 aliphatic rings. The molecule has 2 rings (SSSR count). The van der Waals surface area contributed by atoms with Gasteiger partial charge in [-0.2, -0.15) is 0 Å². The van der Waals surface area contributed by atoms with Gasteiger partial charge in [0.15, 0.2) is 0 Å². The van der Waals surface area contributed by atoms with Gasteiger partial charge in [0.25, 0.3) is 5.91 Å². The molecule has 1 heterocycles. The van der Waals surface area contributed by atoms with Crippen molar-refractivity contribution in [1.29, 1.82) is 0 Å². The SMILES string of the molecule is CNC(=O)c1c(Cl)ccc2ncccc12. The van der Waals surface area contributed by atoms with E-state index in [1.807, 2.05) is 6.07 Å². The van der Waals surface area contributed by atoms with E-state index in [2.05, 4.69) is 10.3 Å². The predicted molar refractivity (Wildman–Crippen MR) is 60.1 cm³/mol. The summed E-state index contributed by atoms with van der Waals surface area (Å²) < 4.78 is 0. The number of halogens is 1. The van der Waals surface area contributed by atoms with Crippen LogP contribution in [0, 0.1) is 0 Å². The highest BCUT2D eigenvalue weighted by molar-refractivity contribution is 6.35. The first-order valence-electron chi connectivity index (χ1n) is 4.49. The van der Waals surface area contributed by atoms with E-state index >= 15 is 0 Å². The van der Waals surface area contributed by atoms with Gasteiger partial charge in [0.1, 0.15) is 0 Å². The number of benzene rings is 1. The summed E-state index contributed by atoms with van der Waals surface area (Å²) in [6.07, 6.45) is 1.68. The van der Waals surface area contributed by atoms with E-state index in [0.29, 0.717) is 10.6 Å². The minimum atomic E-state index is -0.196. The molecular weight excluding hydrogens is 212 g/mol. The van der Waals surface area contributed by atoms with Crippen LogP contribution in [-0.4, -0.2) is 17.9 Å². The van der Waals surface area contributed by atoms with Gasteiger partial charge in [-0.25, -0.2) is 0 Å². The van der Waals surface area contributed by atoms with Gasteiger partial charge in [0.05, 0.1) is 16.1 Å². The van der Waals surface area contributed by atoms with E-state index in [-0.39, 0.29) is 5.91 Å². The lowest BCUT2D eigenvalue weighted by Crippen LogP contribution is -2.18. The maximum atomic E-state index is 11.6. The van der Waals surface area contributed by atoms with Crippen molar-refractivity contribution >= 4 is 28.4 Å². The third-order valence-corrected chi connectivity index (χ3v) is 2.50. The van der Waals surface area contributed by atoms with Gasteiger partial charge in [-0.1, -0.05) is 17.7 Å². The summed E-state index contributed by atoms with van der Waals surface area (Å²) in [4.78, 5) is 15.8. The number of nitrogens with zero attached hydrogens (tertiary/aromatic N) is 1. The number of pyridine rings is 1. The maximum absolute atomic E-state index is 11.6. The molecule has 1 aromatic heterocycles. The van der Waals surface area contributed by atoms with Crippen LogP contribution in [0.1, 0.15) is 10.4 Å². The van der Waals surface area contributed by atoms with Gasteiger partial charge in [-0.15, -0.1) is 0 Å². The summed E-state index contributed by atoms with van der Waals surface area (Å²) in [6, 6.07) is 7.09. The average molecular weight is 221 g/mol. The zero-order valence-corrected chi connectivity index (χ0v) is 8.88. The van der Waals surface area contributed by atoms with Crippen molar-refractivity contribution in [3.63, 3.8) is 0 Å². The van der Waals surface area contributed by atoms with Crippen LogP contribution in [0.25, 0.3) is 10.9 Å². The third kappa shape index (κ3) is 1.66. The molecule has 0 atom stereocenters. The van der Waals surface area contributed by atoms with E-state index in [9.17, 15) is 4.79 Å². The third-order valence-electron chi connectivity index (χ3n) is 2.19. The van der Waals surface area contributed by atoms with Crippen molar-refractivity contribution in [1.82, 2.24) is 10.3 Å². The van der Waals surface area contributed by atoms with Crippen molar-refractivity contribution < 1.29 is 4.79 Å². The van der Waals surface area contributed by atoms with Crippen molar-refractivity contribution in [2.75, 3.05) is 7.05 Å². The van der Waals surface area contributed by atoms with Gasteiger partial charge in [-0.3, -0.25) is 9.78 Å². The van der Waals surface area contributed by atoms with Crippen LogP contribution in [0.3, 0.4) is 0 Å². The number of fused-ring (bicyclic) bond motifs is 1. The van der Waals surface area contributed by atoms with Crippen LogP contribution in [0.5, 0.6) is 0 Å². The fourth-order valence-corrected chi connectivity index (χ4v) is 1.73. The number of nitrogens with one attached hydrogen (secondary N) is 1. The molecule has 0 fully saturated rings. The van der Waals surface area contributed by atoms with E-state index in [1.54, 1.807) is 31.4 Å². The number of rotatable bonds is 1. The summed E-state index contributed by atoms with van der Waals surface area (Å²) in [5.74, 6) is -0.196. The summed E-state index contributed by atoms with van der Waals surface area (Å²) >= 11 is 5.99. The quantitative estimate of drug-likeness (QED) is 0.801. The first kappa shape index (κ1) is 9.93. The second kappa shape index (κ2) is 3.87. The highest BCUT2D eigenvalue weighted by Crippen LogP contribution is 2.24. The highest BCUT2D eigenvalue weighted by Gasteiger charge is 2.12. The van der Waals surface area contributed by atoms with E-state index in [0.717, 1.165) is 10.9 Å². The van der Waals surface area contributed by atoms with Gasteiger partial charge < -0.3 is 5.32 Å². The monoisotopic (exact) mass is 220 g/mol. The molecule has 0 saturated heterocycles. The van der Waals surface area contributed by atoms with Crippen LogP contribution >= 0.6 is 11.6 Å². The standard InChI is InChI=1S/C11H9ClN2O/c1-13-11(15)10-7-3-2-6-14-9(7)5-4-8(10)12/h2-6H,1H3,(H,13,15). The summed E-state index contributed by atoms with van der Waals surface area (Å²) in [5.41, 5.74) is 1.24. The molecule has 1 aromatic carbocycles. The first-order chi connectivity index (χ1) is 7.24. The Labute approximate surface area is 92.1 Å². The zero-order valence-electron chi connectivity index (χ0n) is 8.12. The van der Waals surface area contributed by atoms with Gasteiger partial charge in [0, 0.05) is 18.6 Å². The zero-order chi connectivity index (χ0) is 10.8. The minimum absolute atomic E-state index is 0.196. The molecule has 0 aliphatic heterocycles. The second-order valence-corrected chi connectivity index (χ2v) is 3.48. The highest BCUT2D eigenvalue weighted by atomic mass is 35.5. The Hall–Kier alpha value is -1.61. The summed E-state index contributed by atoms with van der Waals surface area (Å²) in [5, 5.41) is 3.77. The lowest BCUT2D eigenvalue weighted by atomic mass is 10.1. The summed E-state index contributed by atoms with van der Waals surface area (Å²) in [6.45, 7) is 0. The molecule has 0 saturated carbocycles. The minimum Gasteiger partial charge on any atom is -0.355 e. The number of hydrogen-bond donors (Lipinski definition) is 1. The molecule has 1 amide bonds. The molecule has 0 aliphatic carbocycles. The largest absolute Gasteiger partial charge is 0.355 e. The van der Waals surface area contributed by atoms with E-state index in [4.69, 9.17) is 11.6 Å². The Balaban J connectivity index is 2.79. The lowest BCUT2D eigenvalue weighted by Gasteiger charge is -2.06. The molecule has 76 valence electrons. The molecule has 3 nitrogen and oxygen atoms in total. The predicted octanol–water partition coefficient (Wildman–Crippen LogP) is 2.25. The normalized spacial score (nSPS) is 10.3. The number of hydrogen-bond acceptors (Lipinski definition) is 2. The fourth-order valence-electron chi connectivity index (χ4n) is 1.48. The fraction of sp³-hybridized carbons (Fsp3) is 0.0909. The van der Waals surface area contributed by atoms with E-state index < -0.39 is 0 Å². The molecular formula is C11H9ClN2O. The van der Waals surface area contributed by atoms with Crippen molar-refractivity contribution in [2.45, 2.75) is 0 Å². The van der Waals surface area contributed by atoms with E-state index in [1.165, 1.54) is 0 Å². The average Bonchev–Trinajstić information content (AvgIpc) is 2.28. The Morgan fingerprint density at radius 2 is 2.20 bits per heavy atom. The van der Waals surface area contributed by atoms with Crippen LogP contribution in [-0.2, 0) is 0 Å². The molecule has 1 N–H and O–H groups in total. The topological polar surface area (TPSA) is 42.0 Å². The Bertz CT molecular complexity index is 525. The van der Waals surface area contributed by atoms with Crippen LogP contribution in [0.2, 0.25) is 5.02 Å². The molecule has 4 heteroatoms. The van der Waals surface area contributed by atoms with Gasteiger partial charge in [-0.05, 0) is 18.2 Å². The molecule has 15 heavy (non-hydrogen) atoms. The Kier molecular flexibility index (Phi) is 2.56. The number of carbonyl (C=O) groups excluding carboxylic acids is 1. The van der Waals surface area contributed by atoms with Crippen molar-refractivity contribution in [3.05, 3.63) is 41.0 Å². The van der Waals surface area contributed by atoms with Gasteiger partial charge in [0.2, 0.25) is 0 Å². The Morgan fingerprint density at radius 3 is 2.93 bits per heavy atom. The number of carbonyl (C=O) groups is 1. The second-order valence-electron chi connectivity index (χ2n) is 3.07. The van der Waals surface area contributed by atoms with Crippen molar-refractivity contribution in [3.8, 4) is 0 Å². The molecule has 0 unspecified atom stereocenters. The van der Waals surface area contributed by atoms with Crippen LogP contribution in [0.4, 0.5) is 0 Å². The summed E-state index contributed by atoms with van der Waals surface area (Å²) in [7, 11) is 1.58. The van der Waals surface area contributed by atoms with Crippen LogP contribution in [0.15, 0.2) is 30.5 Å². The van der Waals surface area contributed by atoms with Crippen LogP contribution < -0.4 is 5.32 Å². The molecule has 2 aromatic rings. The van der Waals surface area contributed by atoms with Gasteiger partial charge >= 0.3 is 0 Å². The number of aromatic nitrogens is 1. The van der Waals surface area contributed by atoms with Crippen molar-refractivity contribution in [2.24, 2.45) is 0 Å². The number of amides is 1. The maximum Gasteiger partial charge on any atom is 0.253 e. The molecule has 0 spiro atoms. The first-order valence-corrected chi connectivity index (χ1v) is 4.87. The molecule has 0 radical (unpaired) electrons. The Morgan fingerprint density at radius 1 is 1.40 bits per heavy atom. The smallest absolute Gasteiger partial charge is 0.253 e.